The number of aromatic nitrogens is 4. The van der Waals surface area contributed by atoms with Crippen molar-refractivity contribution in [1.29, 1.82) is 0 Å². The zero-order chi connectivity index (χ0) is 14.0. The third kappa shape index (κ3) is 3.21. The van der Waals surface area contributed by atoms with Crippen LogP contribution in [-0.4, -0.2) is 26.0 Å². The lowest BCUT2D eigenvalue weighted by Crippen LogP contribution is -2.26. The lowest BCUT2D eigenvalue weighted by atomic mass is 9.91. The van der Waals surface area contributed by atoms with Crippen LogP contribution in [0.25, 0.3) is 11.4 Å². The third-order valence-corrected chi connectivity index (χ3v) is 2.66. The van der Waals surface area contributed by atoms with Gasteiger partial charge in [-0.15, -0.1) is 10.2 Å². The highest BCUT2D eigenvalue weighted by Gasteiger charge is 2.22. The second kappa shape index (κ2) is 4.87. The summed E-state index contributed by atoms with van der Waals surface area (Å²) < 4.78 is 13.1. The molecule has 100 valence electrons. The van der Waals surface area contributed by atoms with Gasteiger partial charge in [0, 0.05) is 11.0 Å². The van der Waals surface area contributed by atoms with Crippen LogP contribution in [0.15, 0.2) is 24.3 Å². The topological polar surface area (TPSA) is 60.7 Å². The van der Waals surface area contributed by atoms with Gasteiger partial charge in [0.15, 0.2) is 5.78 Å². The first-order chi connectivity index (χ1) is 8.86. The number of halogens is 1. The maximum absolute atomic E-state index is 13.1. The molecule has 0 N–H and O–H groups in total. The molecular formula is C13H15FN4O. The zero-order valence-electron chi connectivity index (χ0n) is 11.1. The number of Topliss-reactive ketones (excluding diaryl/α,β-unsaturated/α-hetero) is 1. The highest BCUT2D eigenvalue weighted by molar-refractivity contribution is 5.83. The molecule has 0 aliphatic heterocycles. The Hall–Kier alpha value is -2.11. The lowest BCUT2D eigenvalue weighted by molar-refractivity contribution is -0.127. The van der Waals surface area contributed by atoms with Crippen LogP contribution >= 0.6 is 0 Å². The molecule has 5 nitrogen and oxygen atoms in total. The fourth-order valence-electron chi connectivity index (χ4n) is 1.42. The van der Waals surface area contributed by atoms with Crippen molar-refractivity contribution >= 4 is 5.78 Å². The quantitative estimate of drug-likeness (QED) is 0.849. The van der Waals surface area contributed by atoms with Crippen molar-refractivity contribution < 1.29 is 9.18 Å². The van der Waals surface area contributed by atoms with Crippen LogP contribution in [0.1, 0.15) is 20.8 Å². The molecule has 0 spiro atoms. The average molecular weight is 262 g/mol. The van der Waals surface area contributed by atoms with E-state index in [1.165, 1.54) is 16.9 Å². The van der Waals surface area contributed by atoms with Crippen molar-refractivity contribution in [2.45, 2.75) is 27.3 Å². The number of hydrogen-bond acceptors (Lipinski definition) is 4. The number of ketones is 1. The minimum absolute atomic E-state index is 0.00990. The van der Waals surface area contributed by atoms with Gasteiger partial charge in [-0.3, -0.25) is 4.79 Å². The molecule has 1 aromatic carbocycles. The van der Waals surface area contributed by atoms with Gasteiger partial charge < -0.3 is 0 Å². The monoisotopic (exact) mass is 262 g/mol. The number of nitrogens with zero attached hydrogens (tertiary/aromatic N) is 4. The summed E-state index contributed by atoms with van der Waals surface area (Å²) in [4.78, 5) is 13.1. The van der Waals surface area contributed by atoms with Gasteiger partial charge in [0.25, 0.3) is 0 Å². The summed E-state index contributed by atoms with van der Waals surface area (Å²) in [5, 5.41) is 11.7. The van der Waals surface area contributed by atoms with E-state index in [1.54, 1.807) is 12.1 Å². The average Bonchev–Trinajstić information content (AvgIpc) is 2.76. The van der Waals surface area contributed by atoms with Gasteiger partial charge in [-0.05, 0) is 17.3 Å². The predicted molar refractivity (Wildman–Crippen MR) is 67.7 cm³/mol. The van der Waals surface area contributed by atoms with Gasteiger partial charge in [0.05, 0.1) is 0 Å². The molecule has 6 heteroatoms. The second-order valence-corrected chi connectivity index (χ2v) is 5.33. The molecule has 0 unspecified atom stereocenters. The van der Waals surface area contributed by atoms with Gasteiger partial charge in [-0.2, -0.15) is 4.80 Å². The Balaban J connectivity index is 2.18. The molecule has 0 aliphatic carbocycles. The molecule has 2 aromatic rings. The van der Waals surface area contributed by atoms with Gasteiger partial charge in [0.2, 0.25) is 5.82 Å². The molecular weight excluding hydrogens is 247 g/mol. The van der Waals surface area contributed by atoms with E-state index in [9.17, 15) is 9.18 Å². The normalized spacial score (nSPS) is 11.6. The molecule has 2 rings (SSSR count). The maximum Gasteiger partial charge on any atom is 0.205 e. The van der Waals surface area contributed by atoms with E-state index in [4.69, 9.17) is 0 Å². The number of rotatable bonds is 3. The van der Waals surface area contributed by atoms with Crippen molar-refractivity contribution in [3.8, 4) is 11.4 Å². The SMILES string of the molecule is CC(C)(C)C(=O)Cn1nnc(-c2cccc(F)c2)n1. The zero-order valence-corrected chi connectivity index (χ0v) is 11.1. The lowest BCUT2D eigenvalue weighted by Gasteiger charge is -2.15. The minimum atomic E-state index is -0.452. The Morgan fingerprint density at radius 3 is 2.74 bits per heavy atom. The molecule has 0 saturated heterocycles. The van der Waals surface area contributed by atoms with Gasteiger partial charge >= 0.3 is 0 Å². The molecule has 0 radical (unpaired) electrons. The Bertz CT molecular complexity index is 601. The summed E-state index contributed by atoms with van der Waals surface area (Å²) in [6.07, 6.45) is 0. The van der Waals surface area contributed by atoms with Crippen molar-refractivity contribution in [1.82, 2.24) is 20.2 Å². The maximum atomic E-state index is 13.1. The summed E-state index contributed by atoms with van der Waals surface area (Å²) in [7, 11) is 0. The van der Waals surface area contributed by atoms with Crippen molar-refractivity contribution in [2.75, 3.05) is 0 Å². The number of hydrogen-bond donors (Lipinski definition) is 0. The van der Waals surface area contributed by atoms with Gasteiger partial charge in [0.1, 0.15) is 12.4 Å². The van der Waals surface area contributed by atoms with E-state index in [-0.39, 0.29) is 18.1 Å². The highest BCUT2D eigenvalue weighted by Crippen LogP contribution is 2.17. The largest absolute Gasteiger partial charge is 0.297 e. The minimum Gasteiger partial charge on any atom is -0.297 e. The van der Waals surface area contributed by atoms with Gasteiger partial charge in [-0.1, -0.05) is 32.9 Å². The second-order valence-electron chi connectivity index (χ2n) is 5.33. The molecule has 0 fully saturated rings. The van der Waals surface area contributed by atoms with Crippen LogP contribution < -0.4 is 0 Å². The Kier molecular flexibility index (Phi) is 3.42. The summed E-state index contributed by atoms with van der Waals surface area (Å²) in [6.45, 7) is 5.56. The molecule has 1 aromatic heterocycles. The molecule has 19 heavy (non-hydrogen) atoms. The van der Waals surface area contributed by atoms with E-state index < -0.39 is 5.41 Å². The number of tetrazole rings is 1. The van der Waals surface area contributed by atoms with Crippen LogP contribution in [0.3, 0.4) is 0 Å². The summed E-state index contributed by atoms with van der Waals surface area (Å²) in [6, 6.07) is 5.94. The van der Waals surface area contributed by atoms with Gasteiger partial charge in [-0.25, -0.2) is 4.39 Å². The van der Waals surface area contributed by atoms with E-state index in [2.05, 4.69) is 15.4 Å². The molecule has 0 bridgehead atoms. The summed E-state index contributed by atoms with van der Waals surface area (Å²) in [5.74, 6) is -0.0449. The van der Waals surface area contributed by atoms with Crippen molar-refractivity contribution in [3.05, 3.63) is 30.1 Å². The van der Waals surface area contributed by atoms with Crippen LogP contribution in [0.2, 0.25) is 0 Å². The molecule has 0 atom stereocenters. The standard InChI is InChI=1S/C13H15FN4O/c1-13(2,3)11(19)8-18-16-12(15-17-18)9-5-4-6-10(14)7-9/h4-7H,8H2,1-3H3. The number of carbonyl (C=O) groups is 1. The third-order valence-electron chi connectivity index (χ3n) is 2.66. The smallest absolute Gasteiger partial charge is 0.205 e. The molecule has 1 heterocycles. The van der Waals surface area contributed by atoms with Crippen LogP contribution in [0.5, 0.6) is 0 Å². The first-order valence-electron chi connectivity index (χ1n) is 5.93. The Morgan fingerprint density at radius 1 is 1.37 bits per heavy atom. The predicted octanol–water partition coefficient (Wildman–Crippen LogP) is 2.09. The number of benzene rings is 1. The fourth-order valence-corrected chi connectivity index (χ4v) is 1.42. The summed E-state index contributed by atoms with van der Waals surface area (Å²) in [5.41, 5.74) is 0.0848. The van der Waals surface area contributed by atoms with Crippen LogP contribution in [-0.2, 0) is 11.3 Å². The number of carbonyl (C=O) groups excluding carboxylic acids is 1. The molecule has 0 saturated carbocycles. The Morgan fingerprint density at radius 2 is 2.11 bits per heavy atom. The Labute approximate surface area is 110 Å². The van der Waals surface area contributed by atoms with Crippen molar-refractivity contribution in [3.63, 3.8) is 0 Å². The van der Waals surface area contributed by atoms with E-state index in [0.717, 1.165) is 0 Å². The first-order valence-corrected chi connectivity index (χ1v) is 5.93. The highest BCUT2D eigenvalue weighted by atomic mass is 19.1. The van der Waals surface area contributed by atoms with E-state index in [1.807, 2.05) is 20.8 Å². The molecule has 0 amide bonds. The van der Waals surface area contributed by atoms with E-state index in [0.29, 0.717) is 11.4 Å². The molecule has 0 aliphatic rings. The fraction of sp³-hybridized carbons (Fsp3) is 0.385. The first kappa shape index (κ1) is 13.3. The van der Waals surface area contributed by atoms with E-state index >= 15 is 0 Å². The van der Waals surface area contributed by atoms with Crippen molar-refractivity contribution in [2.24, 2.45) is 5.41 Å². The summed E-state index contributed by atoms with van der Waals surface area (Å²) >= 11 is 0. The van der Waals surface area contributed by atoms with Crippen LogP contribution in [0, 0.1) is 11.2 Å². The van der Waals surface area contributed by atoms with Crippen LogP contribution in [0.4, 0.5) is 4.39 Å².